The van der Waals surface area contributed by atoms with E-state index in [1.54, 1.807) is 4.90 Å². The maximum absolute atomic E-state index is 12.8. The van der Waals surface area contributed by atoms with Gasteiger partial charge in [-0.1, -0.05) is 36.8 Å². The molecule has 0 bridgehead atoms. The number of likely N-dealkylation sites (tertiary alicyclic amines) is 1. The van der Waals surface area contributed by atoms with Crippen LogP contribution in [0.2, 0.25) is 0 Å². The van der Waals surface area contributed by atoms with Crippen molar-refractivity contribution in [3.8, 4) is 0 Å². The number of benzene rings is 1. The fraction of sp³-hybridized carbons (Fsp3) is 0.619. The van der Waals surface area contributed by atoms with Gasteiger partial charge in [-0.15, -0.1) is 0 Å². The molecule has 2 amide bonds. The Morgan fingerprint density at radius 1 is 1.12 bits per heavy atom. The van der Waals surface area contributed by atoms with E-state index >= 15 is 0 Å². The Bertz CT molecular complexity index is 590. The summed E-state index contributed by atoms with van der Waals surface area (Å²) in [7, 11) is 3.62. The molecule has 0 saturated carbocycles. The summed E-state index contributed by atoms with van der Waals surface area (Å²) in [6.07, 6.45) is 2.64. The van der Waals surface area contributed by atoms with Crippen molar-refractivity contribution in [1.82, 2.24) is 14.7 Å². The van der Waals surface area contributed by atoms with E-state index in [0.29, 0.717) is 13.1 Å². The SMILES string of the molecule is CCCN(Cc1ccc(C)cc1)C(=O)CN1CCC(C(=O)N(C)C)CC1. The number of rotatable bonds is 7. The summed E-state index contributed by atoms with van der Waals surface area (Å²) in [6.45, 7) is 7.72. The van der Waals surface area contributed by atoms with Gasteiger partial charge in [0.05, 0.1) is 6.54 Å². The molecule has 5 nitrogen and oxygen atoms in total. The molecule has 1 aromatic rings. The third-order valence-corrected chi connectivity index (χ3v) is 5.08. The average molecular weight is 360 g/mol. The molecular weight excluding hydrogens is 326 g/mol. The number of aryl methyl sites for hydroxylation is 1. The zero-order chi connectivity index (χ0) is 19.1. The minimum Gasteiger partial charge on any atom is -0.349 e. The Morgan fingerprint density at radius 2 is 1.73 bits per heavy atom. The normalized spacial score (nSPS) is 15.7. The summed E-state index contributed by atoms with van der Waals surface area (Å²) >= 11 is 0. The summed E-state index contributed by atoms with van der Waals surface area (Å²) < 4.78 is 0. The van der Waals surface area contributed by atoms with Crippen LogP contribution in [0.15, 0.2) is 24.3 Å². The van der Waals surface area contributed by atoms with Crippen LogP contribution in [-0.2, 0) is 16.1 Å². The molecule has 0 atom stereocenters. The smallest absolute Gasteiger partial charge is 0.237 e. The summed E-state index contributed by atoms with van der Waals surface area (Å²) in [5.41, 5.74) is 2.41. The van der Waals surface area contributed by atoms with Crippen molar-refractivity contribution in [2.24, 2.45) is 5.92 Å². The van der Waals surface area contributed by atoms with Gasteiger partial charge in [-0.05, 0) is 44.8 Å². The van der Waals surface area contributed by atoms with E-state index in [2.05, 4.69) is 43.0 Å². The molecule has 144 valence electrons. The molecule has 0 radical (unpaired) electrons. The van der Waals surface area contributed by atoms with Crippen LogP contribution in [0.3, 0.4) is 0 Å². The maximum atomic E-state index is 12.8. The van der Waals surface area contributed by atoms with Crippen LogP contribution in [0, 0.1) is 12.8 Å². The molecular formula is C21H33N3O2. The first-order valence-electron chi connectivity index (χ1n) is 9.67. The second kappa shape index (κ2) is 9.72. The predicted octanol–water partition coefficient (Wildman–Crippen LogP) is 2.53. The van der Waals surface area contributed by atoms with Gasteiger partial charge >= 0.3 is 0 Å². The van der Waals surface area contributed by atoms with Crippen molar-refractivity contribution in [2.45, 2.75) is 39.7 Å². The summed E-state index contributed by atoms with van der Waals surface area (Å²) in [6, 6.07) is 8.39. The van der Waals surface area contributed by atoms with Crippen LogP contribution < -0.4 is 0 Å². The molecule has 0 aliphatic carbocycles. The first-order chi connectivity index (χ1) is 12.4. The Morgan fingerprint density at radius 3 is 2.27 bits per heavy atom. The van der Waals surface area contributed by atoms with Crippen molar-refractivity contribution in [2.75, 3.05) is 40.3 Å². The molecule has 1 aliphatic rings. The lowest BCUT2D eigenvalue weighted by Gasteiger charge is -2.33. The summed E-state index contributed by atoms with van der Waals surface area (Å²) in [5.74, 6) is 0.503. The molecule has 0 aromatic heterocycles. The zero-order valence-corrected chi connectivity index (χ0v) is 16.7. The highest BCUT2D eigenvalue weighted by Crippen LogP contribution is 2.19. The van der Waals surface area contributed by atoms with Gasteiger partial charge in [0.2, 0.25) is 11.8 Å². The molecule has 26 heavy (non-hydrogen) atoms. The fourth-order valence-electron chi connectivity index (χ4n) is 3.47. The number of carbonyl (C=O) groups is 2. The predicted molar refractivity (Wildman–Crippen MR) is 105 cm³/mol. The standard InChI is InChI=1S/C21H33N3O2/c1-5-12-24(15-18-8-6-17(2)7-9-18)20(25)16-23-13-10-19(11-14-23)21(26)22(3)4/h6-9,19H,5,10-16H2,1-4H3. The molecule has 5 heteroatoms. The van der Waals surface area contributed by atoms with E-state index in [-0.39, 0.29) is 17.7 Å². The Hall–Kier alpha value is -1.88. The summed E-state index contributed by atoms with van der Waals surface area (Å²) in [5, 5.41) is 0. The number of piperidine rings is 1. The number of nitrogens with zero attached hydrogens (tertiary/aromatic N) is 3. The van der Waals surface area contributed by atoms with Crippen LogP contribution >= 0.6 is 0 Å². The van der Waals surface area contributed by atoms with Gasteiger partial charge in [-0.25, -0.2) is 0 Å². The van der Waals surface area contributed by atoms with Gasteiger partial charge in [-0.2, -0.15) is 0 Å². The fourth-order valence-corrected chi connectivity index (χ4v) is 3.47. The number of amides is 2. The quantitative estimate of drug-likeness (QED) is 0.751. The second-order valence-electron chi connectivity index (χ2n) is 7.58. The van der Waals surface area contributed by atoms with E-state index in [0.717, 1.165) is 38.9 Å². The highest BCUT2D eigenvalue weighted by Gasteiger charge is 2.27. The van der Waals surface area contributed by atoms with E-state index in [1.165, 1.54) is 11.1 Å². The lowest BCUT2D eigenvalue weighted by Crippen LogP contribution is -2.45. The number of carbonyl (C=O) groups excluding carboxylic acids is 2. The van der Waals surface area contributed by atoms with Crippen LogP contribution in [0.5, 0.6) is 0 Å². The Kier molecular flexibility index (Phi) is 7.64. The van der Waals surface area contributed by atoms with Crippen molar-refractivity contribution in [3.63, 3.8) is 0 Å². The lowest BCUT2D eigenvalue weighted by molar-refractivity contribution is -0.135. The molecule has 0 N–H and O–H groups in total. The molecule has 1 saturated heterocycles. The van der Waals surface area contributed by atoms with Crippen molar-refractivity contribution in [1.29, 1.82) is 0 Å². The maximum Gasteiger partial charge on any atom is 0.237 e. The van der Waals surface area contributed by atoms with Crippen molar-refractivity contribution >= 4 is 11.8 Å². The lowest BCUT2D eigenvalue weighted by atomic mass is 9.95. The van der Waals surface area contributed by atoms with E-state index < -0.39 is 0 Å². The van der Waals surface area contributed by atoms with Crippen molar-refractivity contribution < 1.29 is 9.59 Å². The first-order valence-corrected chi connectivity index (χ1v) is 9.67. The Balaban J connectivity index is 1.87. The summed E-state index contributed by atoms with van der Waals surface area (Å²) in [4.78, 5) is 30.7. The van der Waals surface area contributed by atoms with Gasteiger partial charge < -0.3 is 9.80 Å². The van der Waals surface area contributed by atoms with Crippen LogP contribution in [-0.4, -0.2) is 66.8 Å². The van der Waals surface area contributed by atoms with Crippen LogP contribution in [0.4, 0.5) is 0 Å². The molecule has 1 aromatic carbocycles. The topological polar surface area (TPSA) is 43.9 Å². The molecule has 1 heterocycles. The first kappa shape index (κ1) is 20.4. The van der Waals surface area contributed by atoms with Gasteiger partial charge in [0.15, 0.2) is 0 Å². The molecule has 0 spiro atoms. The van der Waals surface area contributed by atoms with Gasteiger partial charge in [0, 0.05) is 33.1 Å². The second-order valence-corrected chi connectivity index (χ2v) is 7.58. The molecule has 1 aliphatic heterocycles. The van der Waals surface area contributed by atoms with Gasteiger partial charge in [-0.3, -0.25) is 14.5 Å². The van der Waals surface area contributed by atoms with E-state index in [9.17, 15) is 9.59 Å². The minimum atomic E-state index is 0.107. The molecule has 1 fully saturated rings. The van der Waals surface area contributed by atoms with E-state index in [1.807, 2.05) is 19.0 Å². The largest absolute Gasteiger partial charge is 0.349 e. The Labute approximate surface area is 158 Å². The van der Waals surface area contributed by atoms with Crippen LogP contribution in [0.1, 0.15) is 37.3 Å². The van der Waals surface area contributed by atoms with Crippen molar-refractivity contribution in [3.05, 3.63) is 35.4 Å². The third-order valence-electron chi connectivity index (χ3n) is 5.08. The minimum absolute atomic E-state index is 0.107. The average Bonchev–Trinajstić information content (AvgIpc) is 2.63. The number of hydrogen-bond acceptors (Lipinski definition) is 3. The van der Waals surface area contributed by atoms with Gasteiger partial charge in [0.1, 0.15) is 0 Å². The van der Waals surface area contributed by atoms with Gasteiger partial charge in [0.25, 0.3) is 0 Å². The monoisotopic (exact) mass is 359 g/mol. The highest BCUT2D eigenvalue weighted by molar-refractivity contribution is 5.79. The number of hydrogen-bond donors (Lipinski definition) is 0. The molecule has 0 unspecified atom stereocenters. The van der Waals surface area contributed by atoms with E-state index in [4.69, 9.17) is 0 Å². The molecule has 2 rings (SSSR count). The zero-order valence-electron chi connectivity index (χ0n) is 16.7. The van der Waals surface area contributed by atoms with Crippen LogP contribution in [0.25, 0.3) is 0 Å². The third kappa shape index (κ3) is 5.84. The highest BCUT2D eigenvalue weighted by atomic mass is 16.2.